The summed E-state index contributed by atoms with van der Waals surface area (Å²) in [5.41, 5.74) is 2.82. The average Bonchev–Trinajstić information content (AvgIpc) is 3.23. The average molecular weight is 405 g/mol. The van der Waals surface area contributed by atoms with E-state index in [2.05, 4.69) is 27.0 Å². The number of hydrogen-bond donors (Lipinski definition) is 1. The monoisotopic (exact) mass is 405 g/mol. The van der Waals surface area contributed by atoms with Crippen LogP contribution >= 0.6 is 0 Å². The zero-order valence-electron chi connectivity index (χ0n) is 17.4. The number of ether oxygens (including phenoxy) is 2. The van der Waals surface area contributed by atoms with Crippen molar-refractivity contribution in [2.75, 3.05) is 20.8 Å². The number of benzene rings is 2. The molecule has 1 aromatic heterocycles. The van der Waals surface area contributed by atoms with Crippen LogP contribution in [0.4, 0.5) is 0 Å². The number of carbonyl (C=O) groups is 1. The molecule has 6 nitrogen and oxygen atoms in total. The Hall–Kier alpha value is -3.28. The molecule has 1 aliphatic heterocycles. The maximum atomic E-state index is 12.6. The lowest BCUT2D eigenvalue weighted by Crippen LogP contribution is -2.26. The highest BCUT2D eigenvalue weighted by molar-refractivity contribution is 5.92. The number of nitrogens with zero attached hydrogens (tertiary/aromatic N) is 2. The molecule has 0 bridgehead atoms. The highest BCUT2D eigenvalue weighted by Crippen LogP contribution is 2.36. The first-order valence-electron chi connectivity index (χ1n) is 10.3. The van der Waals surface area contributed by atoms with Crippen molar-refractivity contribution in [3.63, 3.8) is 0 Å². The molecule has 6 heteroatoms. The molecule has 3 aromatic rings. The lowest BCUT2D eigenvalue weighted by Gasteiger charge is -2.25. The molecule has 0 fully saturated rings. The van der Waals surface area contributed by atoms with E-state index in [9.17, 15) is 4.79 Å². The van der Waals surface area contributed by atoms with Gasteiger partial charge in [0.15, 0.2) is 0 Å². The van der Waals surface area contributed by atoms with E-state index >= 15 is 0 Å². The molecule has 1 aliphatic rings. The van der Waals surface area contributed by atoms with E-state index in [4.69, 9.17) is 9.47 Å². The topological polar surface area (TPSA) is 65.4 Å². The number of aromatic nitrogens is 2. The van der Waals surface area contributed by atoms with Crippen molar-refractivity contribution in [2.24, 2.45) is 0 Å². The fourth-order valence-corrected chi connectivity index (χ4v) is 4.02. The summed E-state index contributed by atoms with van der Waals surface area (Å²) in [5.74, 6) is 2.80. The molecule has 2 heterocycles. The summed E-state index contributed by atoms with van der Waals surface area (Å²) < 4.78 is 13.1. The zero-order chi connectivity index (χ0) is 20.9. The van der Waals surface area contributed by atoms with E-state index in [1.54, 1.807) is 14.2 Å². The van der Waals surface area contributed by atoms with Gasteiger partial charge >= 0.3 is 0 Å². The van der Waals surface area contributed by atoms with Gasteiger partial charge < -0.3 is 19.4 Å². The van der Waals surface area contributed by atoms with Crippen LogP contribution < -0.4 is 14.8 Å². The highest BCUT2D eigenvalue weighted by atomic mass is 16.5. The predicted octanol–water partition coefficient (Wildman–Crippen LogP) is 3.60. The van der Waals surface area contributed by atoms with E-state index in [1.807, 2.05) is 42.6 Å². The van der Waals surface area contributed by atoms with Crippen molar-refractivity contribution < 1.29 is 14.3 Å². The Bertz CT molecular complexity index is 1010. The third kappa shape index (κ3) is 4.32. The van der Waals surface area contributed by atoms with Crippen LogP contribution in [0.2, 0.25) is 0 Å². The number of nitrogens with one attached hydrogen (secondary N) is 1. The summed E-state index contributed by atoms with van der Waals surface area (Å²) in [5, 5.41) is 2.98. The van der Waals surface area contributed by atoms with Crippen molar-refractivity contribution in [1.29, 1.82) is 0 Å². The van der Waals surface area contributed by atoms with Crippen molar-refractivity contribution in [3.8, 4) is 11.5 Å². The van der Waals surface area contributed by atoms with E-state index < -0.39 is 0 Å². The van der Waals surface area contributed by atoms with Gasteiger partial charge in [0, 0.05) is 37.2 Å². The molecule has 1 atom stereocenters. The first-order valence-corrected chi connectivity index (χ1v) is 10.3. The molecule has 30 heavy (non-hydrogen) atoms. The van der Waals surface area contributed by atoms with E-state index in [0.717, 1.165) is 48.7 Å². The number of fused-ring (bicyclic) bond motifs is 1. The molecule has 0 radical (unpaired) electrons. The van der Waals surface area contributed by atoms with Crippen LogP contribution in [-0.2, 0) is 19.4 Å². The van der Waals surface area contributed by atoms with Crippen molar-refractivity contribution in [2.45, 2.75) is 31.7 Å². The molecule has 0 aliphatic carbocycles. The SMILES string of the molecule is COc1ccc(OC)c([C@@H]2CCc3nc(C(=O)NCCc4ccccc4)cn3C2)c1. The molecule has 1 amide bonds. The number of methoxy groups -OCH3 is 2. The molecular formula is C24H27N3O3. The van der Waals surface area contributed by atoms with Gasteiger partial charge in [-0.1, -0.05) is 30.3 Å². The summed E-state index contributed by atoms with van der Waals surface area (Å²) in [7, 11) is 3.36. The Balaban J connectivity index is 1.42. The number of aryl methyl sites for hydroxylation is 1. The third-order valence-corrected chi connectivity index (χ3v) is 5.64. The number of imidazole rings is 1. The van der Waals surface area contributed by atoms with Crippen LogP contribution in [0.1, 0.15) is 39.8 Å². The Morgan fingerprint density at radius 3 is 2.77 bits per heavy atom. The molecule has 0 unspecified atom stereocenters. The lowest BCUT2D eigenvalue weighted by molar-refractivity contribution is 0.0949. The Morgan fingerprint density at radius 2 is 2.00 bits per heavy atom. The maximum absolute atomic E-state index is 12.6. The summed E-state index contributed by atoms with van der Waals surface area (Å²) >= 11 is 0. The van der Waals surface area contributed by atoms with Gasteiger partial charge in [0.25, 0.3) is 5.91 Å². The molecule has 1 N–H and O–H groups in total. The summed E-state index contributed by atoms with van der Waals surface area (Å²) in [6.45, 7) is 1.36. The van der Waals surface area contributed by atoms with Crippen LogP contribution in [0.5, 0.6) is 11.5 Å². The fraction of sp³-hybridized carbons (Fsp3) is 0.333. The van der Waals surface area contributed by atoms with Gasteiger partial charge in [-0.2, -0.15) is 0 Å². The number of hydrogen-bond acceptors (Lipinski definition) is 4. The van der Waals surface area contributed by atoms with Gasteiger partial charge in [-0.25, -0.2) is 4.98 Å². The smallest absolute Gasteiger partial charge is 0.271 e. The minimum absolute atomic E-state index is 0.122. The van der Waals surface area contributed by atoms with Crippen LogP contribution in [-0.4, -0.2) is 36.2 Å². The summed E-state index contributed by atoms with van der Waals surface area (Å²) in [6, 6.07) is 16.0. The van der Waals surface area contributed by atoms with Crippen LogP contribution in [0.25, 0.3) is 0 Å². The van der Waals surface area contributed by atoms with Crippen LogP contribution in [0.15, 0.2) is 54.7 Å². The molecule has 2 aromatic carbocycles. The maximum Gasteiger partial charge on any atom is 0.271 e. The molecule has 0 spiro atoms. The lowest BCUT2D eigenvalue weighted by atomic mass is 9.90. The van der Waals surface area contributed by atoms with Gasteiger partial charge in [-0.05, 0) is 36.6 Å². The number of carbonyl (C=O) groups excluding carboxylic acids is 1. The Kier molecular flexibility index (Phi) is 6.02. The normalized spacial score (nSPS) is 15.3. The quantitative estimate of drug-likeness (QED) is 0.652. The van der Waals surface area contributed by atoms with Gasteiger partial charge in [-0.3, -0.25) is 4.79 Å². The molecule has 156 valence electrons. The first-order chi connectivity index (χ1) is 14.7. The first kappa shape index (κ1) is 20.0. The minimum atomic E-state index is -0.122. The number of amides is 1. The molecule has 0 saturated carbocycles. The second-order valence-electron chi connectivity index (χ2n) is 7.53. The molecule has 0 saturated heterocycles. The Labute approximate surface area is 176 Å². The van der Waals surface area contributed by atoms with Gasteiger partial charge in [0.2, 0.25) is 0 Å². The van der Waals surface area contributed by atoms with Crippen molar-refractivity contribution >= 4 is 5.91 Å². The molecular weight excluding hydrogens is 378 g/mol. The van der Waals surface area contributed by atoms with Gasteiger partial charge in [-0.15, -0.1) is 0 Å². The van der Waals surface area contributed by atoms with E-state index in [0.29, 0.717) is 12.2 Å². The van der Waals surface area contributed by atoms with Crippen LogP contribution in [0, 0.1) is 0 Å². The van der Waals surface area contributed by atoms with E-state index in [-0.39, 0.29) is 11.8 Å². The summed E-state index contributed by atoms with van der Waals surface area (Å²) in [6.07, 6.45) is 4.45. The summed E-state index contributed by atoms with van der Waals surface area (Å²) in [4.78, 5) is 17.1. The predicted molar refractivity (Wildman–Crippen MR) is 115 cm³/mol. The second-order valence-corrected chi connectivity index (χ2v) is 7.53. The minimum Gasteiger partial charge on any atom is -0.497 e. The van der Waals surface area contributed by atoms with Crippen molar-refractivity contribution in [3.05, 3.63) is 77.4 Å². The third-order valence-electron chi connectivity index (χ3n) is 5.64. The fourth-order valence-electron chi connectivity index (χ4n) is 4.02. The van der Waals surface area contributed by atoms with Gasteiger partial charge in [0.1, 0.15) is 23.0 Å². The number of rotatable bonds is 7. The van der Waals surface area contributed by atoms with E-state index in [1.165, 1.54) is 5.56 Å². The molecule has 4 rings (SSSR count). The largest absolute Gasteiger partial charge is 0.497 e. The van der Waals surface area contributed by atoms with Gasteiger partial charge in [0.05, 0.1) is 14.2 Å². The second kappa shape index (κ2) is 9.03. The van der Waals surface area contributed by atoms with Crippen LogP contribution in [0.3, 0.4) is 0 Å². The van der Waals surface area contributed by atoms with Crippen molar-refractivity contribution in [1.82, 2.24) is 14.9 Å². The standard InChI is InChI=1S/C24H27N3O3/c1-29-19-9-10-22(30-2)20(14-19)18-8-11-23-26-21(16-27(23)15-18)24(28)25-13-12-17-6-4-3-5-7-17/h3-7,9-10,14,16,18H,8,11-13,15H2,1-2H3,(H,25,28)/t18-/m1/s1. The Morgan fingerprint density at radius 1 is 1.17 bits per heavy atom. The zero-order valence-corrected chi connectivity index (χ0v) is 17.4. The highest BCUT2D eigenvalue weighted by Gasteiger charge is 2.25.